The highest BCUT2D eigenvalue weighted by atomic mass is 35.5. The van der Waals surface area contributed by atoms with Crippen LogP contribution >= 0.6 is 11.6 Å². The van der Waals surface area contributed by atoms with Gasteiger partial charge in [-0.1, -0.05) is 23.8 Å². The van der Waals surface area contributed by atoms with Gasteiger partial charge in [0, 0.05) is 0 Å². The van der Waals surface area contributed by atoms with Gasteiger partial charge < -0.3 is 4.74 Å². The molecule has 0 aliphatic carbocycles. The number of ether oxygens (including phenoxy) is 1. The second-order valence-corrected chi connectivity index (χ2v) is 4.36. The van der Waals surface area contributed by atoms with Gasteiger partial charge in [0.15, 0.2) is 5.78 Å². The van der Waals surface area contributed by atoms with Crippen LogP contribution in [0.3, 0.4) is 0 Å². The minimum absolute atomic E-state index is 0.129. The molecule has 0 aliphatic heterocycles. The molecule has 0 bridgehead atoms. The van der Waals surface area contributed by atoms with Crippen LogP contribution < -0.4 is 0 Å². The number of carbonyl (C=O) groups is 2. The number of Topliss-reactive ketones (excluding diaryl/α,β-unsaturated/α-hetero) is 1. The highest BCUT2D eigenvalue weighted by Gasteiger charge is 2.18. The molecule has 0 fully saturated rings. The van der Waals surface area contributed by atoms with Crippen molar-refractivity contribution in [1.29, 1.82) is 0 Å². The van der Waals surface area contributed by atoms with Gasteiger partial charge in [0.05, 0.1) is 13.5 Å². The molecule has 1 atom stereocenters. The first-order valence-corrected chi connectivity index (χ1v) is 5.70. The van der Waals surface area contributed by atoms with Gasteiger partial charge in [0.2, 0.25) is 0 Å². The molecule has 4 heteroatoms. The Morgan fingerprint density at radius 3 is 2.59 bits per heavy atom. The van der Waals surface area contributed by atoms with E-state index in [9.17, 15) is 9.59 Å². The van der Waals surface area contributed by atoms with Crippen LogP contribution in [0, 0.1) is 6.92 Å². The number of halogens is 1. The van der Waals surface area contributed by atoms with Crippen molar-refractivity contribution in [3.8, 4) is 0 Å². The van der Waals surface area contributed by atoms with Gasteiger partial charge in [0.25, 0.3) is 0 Å². The van der Waals surface area contributed by atoms with E-state index < -0.39 is 5.38 Å². The molecule has 0 spiro atoms. The lowest BCUT2D eigenvalue weighted by atomic mass is 9.98. The van der Waals surface area contributed by atoms with Crippen molar-refractivity contribution in [2.45, 2.75) is 25.6 Å². The van der Waals surface area contributed by atoms with Crippen LogP contribution in [0.5, 0.6) is 0 Å². The van der Waals surface area contributed by atoms with E-state index in [1.807, 2.05) is 19.1 Å². The summed E-state index contributed by atoms with van der Waals surface area (Å²) >= 11 is 6.02. The Balaban J connectivity index is 3.11. The topological polar surface area (TPSA) is 43.4 Å². The summed E-state index contributed by atoms with van der Waals surface area (Å²) in [6, 6.07) is 5.51. The average Bonchev–Trinajstić information content (AvgIpc) is 2.28. The van der Waals surface area contributed by atoms with E-state index in [-0.39, 0.29) is 18.2 Å². The monoisotopic (exact) mass is 254 g/mol. The van der Waals surface area contributed by atoms with Gasteiger partial charge in [-0.25, -0.2) is 0 Å². The number of hydrogen-bond acceptors (Lipinski definition) is 3. The molecule has 1 rings (SSSR count). The summed E-state index contributed by atoms with van der Waals surface area (Å²) < 4.78 is 4.62. The third-order valence-corrected chi connectivity index (χ3v) is 3.03. The van der Waals surface area contributed by atoms with E-state index in [0.717, 1.165) is 11.1 Å². The highest BCUT2D eigenvalue weighted by molar-refractivity contribution is 6.30. The summed E-state index contributed by atoms with van der Waals surface area (Å²) in [6.45, 7) is 3.35. The lowest BCUT2D eigenvalue weighted by Crippen LogP contribution is -2.10. The van der Waals surface area contributed by atoms with Gasteiger partial charge in [-0.2, -0.15) is 0 Å². The van der Waals surface area contributed by atoms with Crippen LogP contribution in [-0.4, -0.2) is 18.9 Å². The van der Waals surface area contributed by atoms with Crippen molar-refractivity contribution in [3.05, 3.63) is 34.9 Å². The van der Waals surface area contributed by atoms with Crippen LogP contribution in [0.25, 0.3) is 0 Å². The predicted octanol–water partition coefficient (Wildman–Crippen LogP) is 2.58. The quantitative estimate of drug-likeness (QED) is 0.613. The number of methoxy groups -OCH3 is 1. The fourth-order valence-corrected chi connectivity index (χ4v) is 1.79. The van der Waals surface area contributed by atoms with Crippen molar-refractivity contribution < 1.29 is 14.3 Å². The molecule has 0 aliphatic rings. The zero-order valence-corrected chi connectivity index (χ0v) is 10.9. The molecular formula is C13H15ClO3. The third kappa shape index (κ3) is 3.56. The summed E-state index contributed by atoms with van der Waals surface area (Å²) in [7, 11) is 1.33. The Bertz CT molecular complexity index is 440. The van der Waals surface area contributed by atoms with Crippen molar-refractivity contribution in [2.75, 3.05) is 7.11 Å². The maximum Gasteiger partial charge on any atom is 0.309 e. The predicted molar refractivity (Wildman–Crippen MR) is 66.2 cm³/mol. The molecule has 1 aromatic rings. The number of esters is 1. The molecule has 0 amide bonds. The van der Waals surface area contributed by atoms with Gasteiger partial charge in [0.1, 0.15) is 5.38 Å². The minimum Gasteiger partial charge on any atom is -0.469 e. The van der Waals surface area contributed by atoms with Gasteiger partial charge in [-0.3, -0.25) is 9.59 Å². The Hall–Kier alpha value is -1.35. The molecular weight excluding hydrogens is 240 g/mol. The molecule has 0 aromatic heterocycles. The number of rotatable bonds is 4. The summed E-state index contributed by atoms with van der Waals surface area (Å²) in [5.74, 6) is -0.481. The first-order valence-electron chi connectivity index (χ1n) is 5.26. The molecule has 0 saturated carbocycles. The molecule has 0 saturated heterocycles. The van der Waals surface area contributed by atoms with E-state index in [1.165, 1.54) is 14.0 Å². The summed E-state index contributed by atoms with van der Waals surface area (Å²) in [5.41, 5.74) is 2.43. The summed E-state index contributed by atoms with van der Waals surface area (Å²) in [4.78, 5) is 22.6. The second-order valence-electron chi connectivity index (χ2n) is 3.93. The Labute approximate surface area is 106 Å². The van der Waals surface area contributed by atoms with Gasteiger partial charge in [-0.05, 0) is 25.0 Å². The number of aryl methyl sites for hydroxylation is 1. The molecule has 17 heavy (non-hydrogen) atoms. The second kappa shape index (κ2) is 5.82. The van der Waals surface area contributed by atoms with E-state index >= 15 is 0 Å². The van der Waals surface area contributed by atoms with Crippen molar-refractivity contribution in [2.24, 2.45) is 0 Å². The summed E-state index contributed by atoms with van der Waals surface area (Å²) in [6.07, 6.45) is 0.129. The molecule has 0 N–H and O–H groups in total. The number of carbonyl (C=O) groups excluding carboxylic acids is 2. The first-order chi connectivity index (χ1) is 7.95. The largest absolute Gasteiger partial charge is 0.469 e. The van der Waals surface area contributed by atoms with E-state index in [2.05, 4.69) is 4.74 Å². The standard InChI is InChI=1S/C13H15ClO3/c1-8-4-5-11(13(14)9(2)15)10(6-8)7-12(16)17-3/h4-6,13H,7H2,1-3H3. The SMILES string of the molecule is COC(=O)Cc1cc(C)ccc1C(Cl)C(C)=O. The zero-order chi connectivity index (χ0) is 13.0. The smallest absolute Gasteiger partial charge is 0.309 e. The zero-order valence-electron chi connectivity index (χ0n) is 10.1. The Morgan fingerprint density at radius 2 is 2.06 bits per heavy atom. The average molecular weight is 255 g/mol. The number of alkyl halides is 1. The molecule has 92 valence electrons. The normalized spacial score (nSPS) is 12.0. The van der Waals surface area contributed by atoms with Crippen molar-refractivity contribution in [3.63, 3.8) is 0 Å². The molecule has 1 unspecified atom stereocenters. The third-order valence-electron chi connectivity index (χ3n) is 2.49. The van der Waals surface area contributed by atoms with Gasteiger partial charge in [-0.15, -0.1) is 11.6 Å². The van der Waals surface area contributed by atoms with Crippen LogP contribution in [0.1, 0.15) is 29.0 Å². The maximum atomic E-state index is 11.3. The maximum absolute atomic E-state index is 11.3. The fraction of sp³-hybridized carbons (Fsp3) is 0.385. The Morgan fingerprint density at radius 1 is 1.41 bits per heavy atom. The lowest BCUT2D eigenvalue weighted by Gasteiger charge is -2.12. The first kappa shape index (κ1) is 13.7. The van der Waals surface area contributed by atoms with E-state index in [4.69, 9.17) is 11.6 Å². The molecule has 3 nitrogen and oxygen atoms in total. The van der Waals surface area contributed by atoms with E-state index in [0.29, 0.717) is 5.56 Å². The lowest BCUT2D eigenvalue weighted by molar-refractivity contribution is -0.139. The number of benzene rings is 1. The Kier molecular flexibility index (Phi) is 4.70. The van der Waals surface area contributed by atoms with Crippen LogP contribution in [-0.2, 0) is 20.7 Å². The summed E-state index contributed by atoms with van der Waals surface area (Å²) in [5, 5.41) is -0.713. The molecule has 1 aromatic carbocycles. The highest BCUT2D eigenvalue weighted by Crippen LogP contribution is 2.26. The van der Waals surface area contributed by atoms with Gasteiger partial charge >= 0.3 is 5.97 Å². The minimum atomic E-state index is -0.713. The van der Waals surface area contributed by atoms with Crippen molar-refractivity contribution >= 4 is 23.4 Å². The fourth-order valence-electron chi connectivity index (χ4n) is 1.58. The molecule has 0 heterocycles. The molecule has 0 radical (unpaired) electrons. The van der Waals surface area contributed by atoms with E-state index in [1.54, 1.807) is 6.07 Å². The van der Waals surface area contributed by atoms with Crippen LogP contribution in [0.2, 0.25) is 0 Å². The van der Waals surface area contributed by atoms with Crippen molar-refractivity contribution in [1.82, 2.24) is 0 Å². The number of hydrogen-bond donors (Lipinski definition) is 0. The van der Waals surface area contributed by atoms with Crippen LogP contribution in [0.4, 0.5) is 0 Å². The van der Waals surface area contributed by atoms with Crippen LogP contribution in [0.15, 0.2) is 18.2 Å². The number of ketones is 1.